The average molecular weight is 315 g/mol. The molecule has 8 nitrogen and oxygen atoms in total. The molecule has 1 amide bonds. The number of carbonyl (C=O) groups is 2. The Balaban J connectivity index is 2.01. The molecule has 0 bridgehead atoms. The van der Waals surface area contributed by atoms with Crippen LogP contribution < -0.4 is 0 Å². The number of imidazole rings is 1. The van der Waals surface area contributed by atoms with Gasteiger partial charge >= 0.3 is 5.97 Å². The Labute approximate surface area is 122 Å². The second-order valence-corrected chi connectivity index (χ2v) is 7.25. The van der Waals surface area contributed by atoms with Gasteiger partial charge in [0.1, 0.15) is 6.54 Å². The van der Waals surface area contributed by atoms with E-state index in [1.165, 1.54) is 4.90 Å². The largest absolute Gasteiger partial charge is 0.480 e. The van der Waals surface area contributed by atoms with Gasteiger partial charge in [-0.3, -0.25) is 9.59 Å². The van der Waals surface area contributed by atoms with Gasteiger partial charge in [-0.1, -0.05) is 0 Å². The van der Waals surface area contributed by atoms with E-state index in [2.05, 4.69) is 4.98 Å². The number of amides is 1. The molecule has 21 heavy (non-hydrogen) atoms. The van der Waals surface area contributed by atoms with Crippen LogP contribution in [-0.4, -0.2) is 63.9 Å². The van der Waals surface area contributed by atoms with E-state index >= 15 is 0 Å². The normalized spacial score (nSPS) is 20.3. The summed E-state index contributed by atoms with van der Waals surface area (Å²) in [5, 5.41) is 8.92. The van der Waals surface area contributed by atoms with E-state index < -0.39 is 28.4 Å². The fraction of sp³-hybridized carbons (Fsp3) is 0.583. The summed E-state index contributed by atoms with van der Waals surface area (Å²) >= 11 is 0. The highest BCUT2D eigenvalue weighted by atomic mass is 32.2. The Morgan fingerprint density at radius 1 is 1.43 bits per heavy atom. The molecule has 1 fully saturated rings. The monoisotopic (exact) mass is 315 g/mol. The Hall–Kier alpha value is -1.90. The molecule has 0 aromatic carbocycles. The van der Waals surface area contributed by atoms with Gasteiger partial charge in [-0.25, -0.2) is 13.4 Å². The molecule has 2 heterocycles. The number of nitrogens with zero attached hydrogens (tertiary/aromatic N) is 3. The third kappa shape index (κ3) is 4.28. The molecule has 0 aliphatic carbocycles. The highest BCUT2D eigenvalue weighted by Gasteiger charge is 2.35. The summed E-state index contributed by atoms with van der Waals surface area (Å²) in [6.45, 7) is -0.0859. The lowest BCUT2D eigenvalue weighted by molar-refractivity contribution is -0.146. The van der Waals surface area contributed by atoms with Gasteiger partial charge in [-0.05, 0) is 6.42 Å². The number of aromatic nitrogens is 2. The van der Waals surface area contributed by atoms with E-state index in [1.54, 1.807) is 23.3 Å². The van der Waals surface area contributed by atoms with Crippen LogP contribution in [0.1, 0.15) is 12.8 Å². The van der Waals surface area contributed by atoms with Crippen LogP contribution >= 0.6 is 0 Å². The number of hydrogen-bond donors (Lipinski definition) is 1. The molecule has 1 unspecified atom stereocenters. The van der Waals surface area contributed by atoms with Crippen molar-refractivity contribution in [1.82, 2.24) is 14.5 Å². The number of sulfone groups is 1. The number of aliphatic carboxylic acids is 1. The van der Waals surface area contributed by atoms with Gasteiger partial charge in [0, 0.05) is 31.4 Å². The smallest absolute Gasteiger partial charge is 0.323 e. The van der Waals surface area contributed by atoms with Crippen molar-refractivity contribution in [2.45, 2.75) is 25.4 Å². The Morgan fingerprint density at radius 3 is 2.71 bits per heavy atom. The van der Waals surface area contributed by atoms with Crippen molar-refractivity contribution in [3.63, 3.8) is 0 Å². The first kappa shape index (κ1) is 15.5. The number of hydrogen-bond acceptors (Lipinski definition) is 5. The van der Waals surface area contributed by atoms with Gasteiger partial charge in [-0.2, -0.15) is 0 Å². The third-order valence-corrected chi connectivity index (χ3v) is 5.17. The number of carboxylic acid groups (broad SMARTS) is 1. The highest BCUT2D eigenvalue weighted by Crippen LogP contribution is 2.18. The Bertz CT molecular complexity index is 611. The molecule has 9 heteroatoms. The lowest BCUT2D eigenvalue weighted by atomic mass is 10.2. The summed E-state index contributed by atoms with van der Waals surface area (Å²) in [4.78, 5) is 28.1. The van der Waals surface area contributed by atoms with E-state index in [0.717, 1.165) is 0 Å². The predicted octanol–water partition coefficient (Wildman–Crippen LogP) is -0.627. The maximum atomic E-state index is 12.2. The predicted molar refractivity (Wildman–Crippen MR) is 73.3 cm³/mol. The van der Waals surface area contributed by atoms with Crippen molar-refractivity contribution in [2.24, 2.45) is 0 Å². The van der Waals surface area contributed by atoms with Crippen LogP contribution in [0.5, 0.6) is 0 Å². The molecule has 1 N–H and O–H groups in total. The fourth-order valence-corrected chi connectivity index (χ4v) is 4.11. The van der Waals surface area contributed by atoms with E-state index in [4.69, 9.17) is 5.11 Å². The van der Waals surface area contributed by atoms with E-state index in [-0.39, 0.29) is 23.8 Å². The fourth-order valence-electron chi connectivity index (χ4n) is 2.38. The Morgan fingerprint density at radius 2 is 2.19 bits per heavy atom. The van der Waals surface area contributed by atoms with Crippen LogP contribution in [0.2, 0.25) is 0 Å². The number of rotatable bonds is 6. The maximum Gasteiger partial charge on any atom is 0.323 e. The molecule has 0 spiro atoms. The molecule has 1 aliphatic heterocycles. The second kappa shape index (κ2) is 6.25. The van der Waals surface area contributed by atoms with Crippen LogP contribution in [0.4, 0.5) is 0 Å². The maximum absolute atomic E-state index is 12.2. The van der Waals surface area contributed by atoms with E-state index in [1.807, 2.05) is 0 Å². The van der Waals surface area contributed by atoms with E-state index in [9.17, 15) is 18.0 Å². The van der Waals surface area contributed by atoms with Crippen LogP contribution in [0.25, 0.3) is 0 Å². The molecule has 116 valence electrons. The van der Waals surface area contributed by atoms with E-state index in [0.29, 0.717) is 13.0 Å². The van der Waals surface area contributed by atoms with Crippen LogP contribution in [0.15, 0.2) is 18.7 Å². The summed E-state index contributed by atoms with van der Waals surface area (Å²) in [6.07, 6.45) is 5.26. The zero-order valence-corrected chi connectivity index (χ0v) is 12.2. The first-order valence-electron chi connectivity index (χ1n) is 6.55. The minimum absolute atomic E-state index is 0.00257. The zero-order valence-electron chi connectivity index (χ0n) is 11.4. The molecule has 1 aromatic rings. The Kier molecular flexibility index (Phi) is 4.61. The zero-order chi connectivity index (χ0) is 15.5. The minimum Gasteiger partial charge on any atom is -0.480 e. The van der Waals surface area contributed by atoms with Crippen LogP contribution in [0.3, 0.4) is 0 Å². The second-order valence-electron chi connectivity index (χ2n) is 5.02. The first-order chi connectivity index (χ1) is 9.87. The van der Waals surface area contributed by atoms with Crippen molar-refractivity contribution >= 4 is 21.7 Å². The number of aryl methyl sites for hydroxylation is 1. The number of carboxylic acids is 1. The van der Waals surface area contributed by atoms with Gasteiger partial charge in [0.2, 0.25) is 5.91 Å². The molecule has 1 atom stereocenters. The summed E-state index contributed by atoms with van der Waals surface area (Å²) < 4.78 is 24.7. The molecule has 1 aliphatic rings. The topological polar surface area (TPSA) is 110 Å². The number of carbonyl (C=O) groups excluding carboxylic acids is 1. The summed E-state index contributed by atoms with van der Waals surface area (Å²) in [5.74, 6) is -1.65. The molecule has 0 radical (unpaired) electrons. The molecule has 1 aromatic heterocycles. The quantitative estimate of drug-likeness (QED) is 0.749. The third-order valence-electron chi connectivity index (χ3n) is 3.42. The van der Waals surface area contributed by atoms with Crippen LogP contribution in [-0.2, 0) is 26.0 Å². The van der Waals surface area contributed by atoms with Gasteiger partial charge in [-0.15, -0.1) is 0 Å². The first-order valence-corrected chi connectivity index (χ1v) is 8.37. The van der Waals surface area contributed by atoms with Gasteiger partial charge in [0.15, 0.2) is 9.84 Å². The summed E-state index contributed by atoms with van der Waals surface area (Å²) in [6, 6.07) is -0.540. The van der Waals surface area contributed by atoms with Crippen molar-refractivity contribution in [2.75, 3.05) is 18.1 Å². The molecule has 0 saturated carbocycles. The highest BCUT2D eigenvalue weighted by molar-refractivity contribution is 7.91. The van der Waals surface area contributed by atoms with Crippen molar-refractivity contribution in [3.05, 3.63) is 18.7 Å². The minimum atomic E-state index is -3.17. The van der Waals surface area contributed by atoms with Gasteiger partial charge in [0.05, 0.1) is 17.8 Å². The van der Waals surface area contributed by atoms with Gasteiger partial charge in [0.25, 0.3) is 0 Å². The van der Waals surface area contributed by atoms with Crippen molar-refractivity contribution < 1.29 is 23.1 Å². The summed E-state index contributed by atoms with van der Waals surface area (Å²) in [7, 11) is -3.17. The molecule has 2 rings (SSSR count). The SMILES string of the molecule is O=C(O)CN(C(=O)CCn1ccnc1)C1CCS(=O)(=O)C1. The van der Waals surface area contributed by atoms with Crippen molar-refractivity contribution in [1.29, 1.82) is 0 Å². The van der Waals surface area contributed by atoms with Crippen LogP contribution in [0, 0.1) is 0 Å². The van der Waals surface area contributed by atoms with Gasteiger partial charge < -0.3 is 14.6 Å². The standard InChI is InChI=1S/C12H17N3O5S/c16-11(1-4-14-5-3-13-9-14)15(7-12(17)18)10-2-6-21(19,20)8-10/h3,5,9-10H,1-2,4,6-8H2,(H,17,18). The van der Waals surface area contributed by atoms with Crippen molar-refractivity contribution in [3.8, 4) is 0 Å². The molecular formula is C12H17N3O5S. The molecule has 1 saturated heterocycles. The lowest BCUT2D eigenvalue weighted by Gasteiger charge is -2.26. The molecular weight excluding hydrogens is 298 g/mol. The average Bonchev–Trinajstić information content (AvgIpc) is 3.02. The summed E-state index contributed by atoms with van der Waals surface area (Å²) in [5.41, 5.74) is 0. The lowest BCUT2D eigenvalue weighted by Crippen LogP contribution is -2.44.